The topological polar surface area (TPSA) is 22.1 Å². The van der Waals surface area contributed by atoms with Crippen LogP contribution in [0.15, 0.2) is 48.7 Å². The summed E-state index contributed by atoms with van der Waals surface area (Å²) < 4.78 is 5.00. The van der Waals surface area contributed by atoms with Gasteiger partial charge in [0.1, 0.15) is 0 Å². The van der Waals surface area contributed by atoms with Gasteiger partial charge in [0.25, 0.3) is 0 Å². The second-order valence-electron chi connectivity index (χ2n) is 3.38. The molecule has 0 aliphatic rings. The summed E-state index contributed by atoms with van der Waals surface area (Å²) in [7, 11) is 1.61. The first-order valence-corrected chi connectivity index (χ1v) is 5.11. The van der Waals surface area contributed by atoms with Crippen LogP contribution in [0.3, 0.4) is 0 Å². The fraction of sp³-hybridized carbons (Fsp3) is 0.0714. The van der Waals surface area contributed by atoms with Crippen LogP contribution in [0.2, 0.25) is 0 Å². The van der Waals surface area contributed by atoms with Gasteiger partial charge in [-0.3, -0.25) is 0 Å². The molecule has 2 rings (SSSR count). The molecule has 0 radical (unpaired) electrons. The van der Waals surface area contributed by atoms with E-state index in [0.717, 1.165) is 5.56 Å². The van der Waals surface area contributed by atoms with Crippen molar-refractivity contribution < 1.29 is 4.74 Å². The van der Waals surface area contributed by atoms with Crippen molar-refractivity contribution in [2.45, 2.75) is 0 Å². The second kappa shape index (κ2) is 5.12. The lowest BCUT2D eigenvalue weighted by molar-refractivity contribution is 0.398. The van der Waals surface area contributed by atoms with Crippen LogP contribution in [0, 0.1) is 0 Å². The molecule has 2 nitrogen and oxygen atoms in total. The van der Waals surface area contributed by atoms with Crippen LogP contribution in [-0.2, 0) is 0 Å². The van der Waals surface area contributed by atoms with Gasteiger partial charge in [-0.25, -0.2) is 4.98 Å². The molecule has 0 saturated heterocycles. The molecule has 0 N–H and O–H groups in total. The first-order valence-electron chi connectivity index (χ1n) is 5.11. The average molecular weight is 211 g/mol. The molecular weight excluding hydrogens is 198 g/mol. The van der Waals surface area contributed by atoms with E-state index in [-0.39, 0.29) is 0 Å². The lowest BCUT2D eigenvalue weighted by Gasteiger charge is -1.97. The number of benzene rings is 1. The maximum Gasteiger partial charge on any atom is 0.212 e. The van der Waals surface area contributed by atoms with Crippen molar-refractivity contribution in [1.29, 1.82) is 0 Å². The van der Waals surface area contributed by atoms with E-state index in [2.05, 4.69) is 23.2 Å². The van der Waals surface area contributed by atoms with Crippen LogP contribution < -0.4 is 4.74 Å². The summed E-state index contributed by atoms with van der Waals surface area (Å²) >= 11 is 0. The van der Waals surface area contributed by atoms with Gasteiger partial charge in [0, 0.05) is 12.3 Å². The van der Waals surface area contributed by atoms with Crippen LogP contribution in [0.25, 0.3) is 12.2 Å². The number of hydrogen-bond acceptors (Lipinski definition) is 2. The number of aromatic nitrogens is 1. The molecular formula is C14H13NO. The predicted octanol–water partition coefficient (Wildman–Crippen LogP) is 3.26. The molecule has 0 fully saturated rings. The molecule has 0 saturated carbocycles. The van der Waals surface area contributed by atoms with Gasteiger partial charge in [0.05, 0.1) is 7.11 Å². The standard InChI is InChI=1S/C14H13NO/c1-16-14-10-9-13(11-15-14)8-7-12-5-3-2-4-6-12/h2-11H,1H3/b8-7+. The van der Waals surface area contributed by atoms with E-state index in [1.165, 1.54) is 5.56 Å². The molecule has 1 aromatic heterocycles. The minimum Gasteiger partial charge on any atom is -0.481 e. The van der Waals surface area contributed by atoms with Crippen LogP contribution in [0.5, 0.6) is 5.88 Å². The minimum absolute atomic E-state index is 0.636. The Bertz CT molecular complexity index is 460. The minimum atomic E-state index is 0.636. The number of pyridine rings is 1. The number of ether oxygens (including phenoxy) is 1. The summed E-state index contributed by atoms with van der Waals surface area (Å²) in [5, 5.41) is 0. The van der Waals surface area contributed by atoms with Gasteiger partial charge in [-0.1, -0.05) is 42.5 Å². The van der Waals surface area contributed by atoms with Crippen LogP contribution in [0.4, 0.5) is 0 Å². The largest absolute Gasteiger partial charge is 0.481 e. The zero-order valence-electron chi connectivity index (χ0n) is 9.13. The molecule has 2 aromatic rings. The highest BCUT2D eigenvalue weighted by atomic mass is 16.5. The van der Waals surface area contributed by atoms with Crippen molar-refractivity contribution in [3.63, 3.8) is 0 Å². The molecule has 1 aromatic carbocycles. The van der Waals surface area contributed by atoms with Crippen molar-refractivity contribution in [3.05, 3.63) is 59.8 Å². The summed E-state index contributed by atoms with van der Waals surface area (Å²) in [6, 6.07) is 14.0. The lowest BCUT2D eigenvalue weighted by atomic mass is 10.2. The Morgan fingerprint density at radius 1 is 0.938 bits per heavy atom. The van der Waals surface area contributed by atoms with E-state index in [1.54, 1.807) is 13.3 Å². The van der Waals surface area contributed by atoms with Crippen LogP contribution in [0.1, 0.15) is 11.1 Å². The van der Waals surface area contributed by atoms with E-state index in [1.807, 2.05) is 36.4 Å². The van der Waals surface area contributed by atoms with Crippen molar-refractivity contribution in [2.24, 2.45) is 0 Å². The smallest absolute Gasteiger partial charge is 0.212 e. The van der Waals surface area contributed by atoms with Gasteiger partial charge in [0.15, 0.2) is 0 Å². The van der Waals surface area contributed by atoms with Crippen LogP contribution >= 0.6 is 0 Å². The van der Waals surface area contributed by atoms with Crippen LogP contribution in [-0.4, -0.2) is 12.1 Å². The van der Waals surface area contributed by atoms with E-state index < -0.39 is 0 Å². The highest BCUT2D eigenvalue weighted by molar-refractivity contribution is 5.69. The molecule has 0 aliphatic carbocycles. The summed E-state index contributed by atoms with van der Waals surface area (Å²) in [4.78, 5) is 4.14. The third kappa shape index (κ3) is 2.70. The molecule has 0 unspecified atom stereocenters. The fourth-order valence-electron chi connectivity index (χ4n) is 1.37. The lowest BCUT2D eigenvalue weighted by Crippen LogP contribution is -1.86. The van der Waals surface area contributed by atoms with Gasteiger partial charge in [-0.05, 0) is 17.2 Å². The second-order valence-corrected chi connectivity index (χ2v) is 3.38. The first-order chi connectivity index (χ1) is 7.88. The van der Waals surface area contributed by atoms with Crippen molar-refractivity contribution >= 4 is 12.2 Å². The quantitative estimate of drug-likeness (QED) is 0.777. The highest BCUT2D eigenvalue weighted by Gasteiger charge is 1.91. The van der Waals surface area contributed by atoms with Gasteiger partial charge in [-0.2, -0.15) is 0 Å². The van der Waals surface area contributed by atoms with Crippen molar-refractivity contribution in [2.75, 3.05) is 7.11 Å². The SMILES string of the molecule is COc1ccc(/C=C/c2ccccc2)cn1. The average Bonchev–Trinajstić information content (AvgIpc) is 2.38. The Morgan fingerprint density at radius 2 is 1.69 bits per heavy atom. The summed E-state index contributed by atoms with van der Waals surface area (Å²) in [6.07, 6.45) is 5.88. The molecule has 16 heavy (non-hydrogen) atoms. The Labute approximate surface area is 95.2 Å². The molecule has 0 spiro atoms. The van der Waals surface area contributed by atoms with Gasteiger partial charge in [0.2, 0.25) is 5.88 Å². The highest BCUT2D eigenvalue weighted by Crippen LogP contribution is 2.10. The Hall–Kier alpha value is -2.09. The van der Waals surface area contributed by atoms with E-state index >= 15 is 0 Å². The normalized spacial score (nSPS) is 10.6. The number of rotatable bonds is 3. The Balaban J connectivity index is 2.12. The summed E-state index contributed by atoms with van der Waals surface area (Å²) in [6.45, 7) is 0. The predicted molar refractivity (Wildman–Crippen MR) is 66.2 cm³/mol. The Kier molecular flexibility index (Phi) is 3.34. The van der Waals surface area contributed by atoms with E-state index in [4.69, 9.17) is 4.74 Å². The molecule has 1 heterocycles. The van der Waals surface area contributed by atoms with Crippen molar-refractivity contribution in [3.8, 4) is 5.88 Å². The third-order valence-electron chi connectivity index (χ3n) is 2.24. The number of hydrogen-bond donors (Lipinski definition) is 0. The summed E-state index contributed by atoms with van der Waals surface area (Å²) in [5.74, 6) is 0.636. The first kappa shape index (κ1) is 10.4. The Morgan fingerprint density at radius 3 is 2.31 bits per heavy atom. The number of methoxy groups -OCH3 is 1. The zero-order valence-corrected chi connectivity index (χ0v) is 9.13. The maximum atomic E-state index is 5.00. The third-order valence-corrected chi connectivity index (χ3v) is 2.24. The molecule has 2 heteroatoms. The summed E-state index contributed by atoms with van der Waals surface area (Å²) in [5.41, 5.74) is 2.24. The van der Waals surface area contributed by atoms with Gasteiger partial charge < -0.3 is 4.74 Å². The fourth-order valence-corrected chi connectivity index (χ4v) is 1.37. The van der Waals surface area contributed by atoms with Crippen molar-refractivity contribution in [1.82, 2.24) is 4.98 Å². The molecule has 0 bridgehead atoms. The monoisotopic (exact) mass is 211 g/mol. The zero-order chi connectivity index (χ0) is 11.2. The molecule has 80 valence electrons. The molecule has 0 amide bonds. The molecule has 0 atom stereocenters. The maximum absolute atomic E-state index is 5.00. The van der Waals surface area contributed by atoms with Gasteiger partial charge >= 0.3 is 0 Å². The molecule has 0 aliphatic heterocycles. The number of nitrogens with zero attached hydrogens (tertiary/aromatic N) is 1. The van der Waals surface area contributed by atoms with E-state index in [9.17, 15) is 0 Å². The van der Waals surface area contributed by atoms with E-state index in [0.29, 0.717) is 5.88 Å². The van der Waals surface area contributed by atoms with Gasteiger partial charge in [-0.15, -0.1) is 0 Å².